The van der Waals surface area contributed by atoms with Gasteiger partial charge < -0.3 is 20.9 Å². The van der Waals surface area contributed by atoms with Crippen molar-refractivity contribution in [2.45, 2.75) is 18.5 Å². The third kappa shape index (κ3) is 4.76. The molecule has 3 aromatic rings. The Hall–Kier alpha value is -3.61. The van der Waals surface area contributed by atoms with Crippen LogP contribution in [-0.2, 0) is 11.8 Å². The van der Waals surface area contributed by atoms with Gasteiger partial charge in [0.2, 0.25) is 5.91 Å². The highest BCUT2D eigenvalue weighted by Gasteiger charge is 2.23. The van der Waals surface area contributed by atoms with Gasteiger partial charge >= 0.3 is 6.03 Å². The third-order valence-corrected chi connectivity index (χ3v) is 4.46. The molecular formula is C21H23N5O2. The molecule has 0 aliphatic heterocycles. The monoisotopic (exact) mass is 377 g/mol. The lowest BCUT2D eigenvalue weighted by Gasteiger charge is -2.22. The number of nitrogens with two attached hydrogens (primary N) is 1. The maximum absolute atomic E-state index is 12.9. The second kappa shape index (κ2) is 8.85. The van der Waals surface area contributed by atoms with Gasteiger partial charge in [0, 0.05) is 19.4 Å². The first kappa shape index (κ1) is 19.2. The molecule has 0 aliphatic rings. The van der Waals surface area contributed by atoms with Crippen molar-refractivity contribution in [3.63, 3.8) is 0 Å². The highest BCUT2D eigenvalue weighted by atomic mass is 16.2. The average molecular weight is 377 g/mol. The van der Waals surface area contributed by atoms with Gasteiger partial charge in [-0.05, 0) is 11.1 Å². The van der Waals surface area contributed by atoms with E-state index in [-0.39, 0.29) is 12.3 Å². The van der Waals surface area contributed by atoms with Gasteiger partial charge in [-0.2, -0.15) is 0 Å². The zero-order chi connectivity index (χ0) is 19.9. The first-order valence-electron chi connectivity index (χ1n) is 8.97. The molecule has 1 heterocycles. The number of aromatic nitrogens is 2. The van der Waals surface area contributed by atoms with Crippen molar-refractivity contribution < 1.29 is 9.59 Å². The molecular weight excluding hydrogens is 354 g/mol. The summed E-state index contributed by atoms with van der Waals surface area (Å²) in [5, 5.41) is 5.68. The molecule has 0 spiro atoms. The smallest absolute Gasteiger partial charge is 0.312 e. The molecule has 0 fully saturated rings. The van der Waals surface area contributed by atoms with Gasteiger partial charge in [-0.1, -0.05) is 60.7 Å². The van der Waals surface area contributed by atoms with Gasteiger partial charge in [-0.15, -0.1) is 0 Å². The van der Waals surface area contributed by atoms with Crippen molar-refractivity contribution in [2.75, 3.05) is 0 Å². The van der Waals surface area contributed by atoms with E-state index < -0.39 is 18.1 Å². The summed E-state index contributed by atoms with van der Waals surface area (Å²) in [5.74, 6) is 0.498. The molecule has 0 bridgehead atoms. The molecule has 1 aromatic heterocycles. The number of carbonyl (C=O) groups excluding carboxylic acids is 2. The normalized spacial score (nSPS) is 12.8. The largest absolute Gasteiger partial charge is 0.352 e. The number of benzene rings is 2. The highest BCUT2D eigenvalue weighted by molar-refractivity contribution is 5.79. The van der Waals surface area contributed by atoms with Gasteiger partial charge in [0.15, 0.2) is 0 Å². The van der Waals surface area contributed by atoms with Gasteiger partial charge in [-0.3, -0.25) is 4.79 Å². The van der Waals surface area contributed by atoms with E-state index in [0.29, 0.717) is 0 Å². The fraction of sp³-hybridized carbons (Fsp3) is 0.190. The second-order valence-electron chi connectivity index (χ2n) is 6.48. The van der Waals surface area contributed by atoms with Crippen LogP contribution in [0.5, 0.6) is 0 Å². The Labute approximate surface area is 163 Å². The lowest BCUT2D eigenvalue weighted by atomic mass is 10.0. The fourth-order valence-electron chi connectivity index (χ4n) is 3.11. The van der Waals surface area contributed by atoms with Crippen LogP contribution in [0.1, 0.15) is 35.5 Å². The molecule has 7 heteroatoms. The predicted octanol–water partition coefficient (Wildman–Crippen LogP) is 2.43. The van der Waals surface area contributed by atoms with Crippen molar-refractivity contribution in [1.82, 2.24) is 20.2 Å². The first-order chi connectivity index (χ1) is 13.5. The fourth-order valence-corrected chi connectivity index (χ4v) is 3.11. The zero-order valence-electron chi connectivity index (χ0n) is 15.6. The number of aryl methyl sites for hydroxylation is 1. The van der Waals surface area contributed by atoms with E-state index in [9.17, 15) is 9.59 Å². The van der Waals surface area contributed by atoms with Crippen LogP contribution in [0.15, 0.2) is 73.1 Å². The van der Waals surface area contributed by atoms with E-state index in [1.54, 1.807) is 6.20 Å². The second-order valence-corrected chi connectivity index (χ2v) is 6.48. The summed E-state index contributed by atoms with van der Waals surface area (Å²) in [6.07, 6.45) is 3.58. The van der Waals surface area contributed by atoms with Gasteiger partial charge in [0.25, 0.3) is 0 Å². The molecule has 0 saturated carbocycles. The molecule has 28 heavy (non-hydrogen) atoms. The Morgan fingerprint density at radius 1 is 1.00 bits per heavy atom. The number of rotatable bonds is 7. The van der Waals surface area contributed by atoms with E-state index in [4.69, 9.17) is 5.73 Å². The molecule has 2 atom stereocenters. The van der Waals surface area contributed by atoms with Crippen LogP contribution in [0.2, 0.25) is 0 Å². The van der Waals surface area contributed by atoms with Gasteiger partial charge in [-0.25, -0.2) is 9.78 Å². The van der Waals surface area contributed by atoms with Crippen LogP contribution in [0.25, 0.3) is 0 Å². The molecule has 3 amide bonds. The van der Waals surface area contributed by atoms with Crippen molar-refractivity contribution in [1.29, 1.82) is 0 Å². The predicted molar refractivity (Wildman–Crippen MR) is 106 cm³/mol. The number of nitrogens with zero attached hydrogens (tertiary/aromatic N) is 2. The number of hydrogen-bond donors (Lipinski definition) is 3. The van der Waals surface area contributed by atoms with Crippen LogP contribution in [0.3, 0.4) is 0 Å². The molecule has 2 aromatic carbocycles. The van der Waals surface area contributed by atoms with Crippen LogP contribution in [-0.4, -0.2) is 21.5 Å². The standard InChI is InChI=1S/C21H23N5O2/c1-26-13-12-23-20(26)19(16-10-6-3-7-11-16)25-18(27)14-17(24-21(22)28)15-8-4-2-5-9-15/h2-13,17,19H,14H2,1H3,(H,25,27)(H3,22,24,28)/t17-,19-/m0/s1. The summed E-state index contributed by atoms with van der Waals surface area (Å²) in [5.41, 5.74) is 7.03. The van der Waals surface area contributed by atoms with Gasteiger partial charge in [0.1, 0.15) is 11.9 Å². The lowest BCUT2D eigenvalue weighted by molar-refractivity contribution is -0.122. The van der Waals surface area contributed by atoms with Crippen molar-refractivity contribution >= 4 is 11.9 Å². The average Bonchev–Trinajstić information content (AvgIpc) is 3.12. The molecule has 0 saturated heterocycles. The molecule has 3 rings (SSSR count). The summed E-state index contributed by atoms with van der Waals surface area (Å²) < 4.78 is 1.87. The third-order valence-electron chi connectivity index (χ3n) is 4.46. The SMILES string of the molecule is Cn1ccnc1[C@@H](NC(=O)C[C@H](NC(N)=O)c1ccccc1)c1ccccc1. The van der Waals surface area contributed by atoms with Crippen LogP contribution >= 0.6 is 0 Å². The number of nitrogens with one attached hydrogen (secondary N) is 2. The molecule has 144 valence electrons. The van der Waals surface area contributed by atoms with Crippen LogP contribution < -0.4 is 16.4 Å². The summed E-state index contributed by atoms with van der Waals surface area (Å²) in [4.78, 5) is 28.7. The van der Waals surface area contributed by atoms with E-state index >= 15 is 0 Å². The maximum atomic E-state index is 12.9. The van der Waals surface area contributed by atoms with Crippen LogP contribution in [0, 0.1) is 0 Å². The zero-order valence-corrected chi connectivity index (χ0v) is 15.6. The quantitative estimate of drug-likeness (QED) is 0.589. The number of primary amides is 1. The summed E-state index contributed by atoms with van der Waals surface area (Å²) >= 11 is 0. The summed E-state index contributed by atoms with van der Waals surface area (Å²) in [6.45, 7) is 0. The van der Waals surface area contributed by atoms with Crippen molar-refractivity contribution in [2.24, 2.45) is 12.8 Å². The Bertz CT molecular complexity index is 924. The van der Waals surface area contributed by atoms with E-state index in [2.05, 4.69) is 15.6 Å². The van der Waals surface area contributed by atoms with E-state index in [1.807, 2.05) is 78.5 Å². The van der Waals surface area contributed by atoms with Crippen molar-refractivity contribution in [3.05, 3.63) is 90.0 Å². The minimum atomic E-state index is -0.676. The Morgan fingerprint density at radius 3 is 2.14 bits per heavy atom. The lowest BCUT2D eigenvalue weighted by Crippen LogP contribution is -2.38. The summed E-state index contributed by atoms with van der Waals surface area (Å²) in [6, 6.07) is 17.3. The molecule has 0 radical (unpaired) electrons. The highest BCUT2D eigenvalue weighted by Crippen LogP contribution is 2.22. The van der Waals surface area contributed by atoms with Crippen LogP contribution in [0.4, 0.5) is 4.79 Å². The summed E-state index contributed by atoms with van der Waals surface area (Å²) in [7, 11) is 1.88. The number of amides is 3. The van der Waals surface area contributed by atoms with E-state index in [1.165, 1.54) is 0 Å². The molecule has 7 nitrogen and oxygen atoms in total. The Kier molecular flexibility index (Phi) is 6.06. The minimum absolute atomic E-state index is 0.0563. The molecule has 0 unspecified atom stereocenters. The van der Waals surface area contributed by atoms with E-state index in [0.717, 1.165) is 17.0 Å². The maximum Gasteiger partial charge on any atom is 0.312 e. The first-order valence-corrected chi connectivity index (χ1v) is 8.97. The number of carbonyl (C=O) groups is 2. The Morgan fingerprint density at radius 2 is 1.61 bits per heavy atom. The topological polar surface area (TPSA) is 102 Å². The van der Waals surface area contributed by atoms with Gasteiger partial charge in [0.05, 0.1) is 12.5 Å². The Balaban J connectivity index is 1.81. The number of imidazole rings is 1. The molecule has 4 N–H and O–H groups in total. The number of hydrogen-bond acceptors (Lipinski definition) is 3. The van der Waals surface area contributed by atoms with Crippen molar-refractivity contribution in [3.8, 4) is 0 Å². The number of urea groups is 1. The minimum Gasteiger partial charge on any atom is -0.352 e. The molecule has 0 aliphatic carbocycles.